The van der Waals surface area contributed by atoms with Crippen LogP contribution in [0.2, 0.25) is 0 Å². The van der Waals surface area contributed by atoms with Crippen LogP contribution in [-0.4, -0.2) is 20.7 Å². The Kier molecular flexibility index (Phi) is 5.93. The van der Waals surface area contributed by atoms with Crippen LogP contribution in [0.4, 0.5) is 10.2 Å². The molecule has 0 N–H and O–H groups in total. The number of rotatable bonds is 6. The molecule has 2 aromatic heterocycles. The Morgan fingerprint density at radius 1 is 0.903 bits per heavy atom. The van der Waals surface area contributed by atoms with Crippen molar-refractivity contribution in [2.75, 3.05) is 4.90 Å². The van der Waals surface area contributed by atoms with Gasteiger partial charge < -0.3 is 0 Å². The van der Waals surface area contributed by atoms with Crippen molar-refractivity contribution in [1.29, 1.82) is 0 Å². The van der Waals surface area contributed by atoms with Gasteiger partial charge in [-0.15, -0.1) is 0 Å². The fourth-order valence-corrected chi connectivity index (χ4v) is 3.13. The Balaban J connectivity index is 1.63. The highest BCUT2D eigenvalue weighted by Gasteiger charge is 2.19. The van der Waals surface area contributed by atoms with Gasteiger partial charge >= 0.3 is 0 Å². The van der Waals surface area contributed by atoms with E-state index >= 15 is 0 Å². The molecule has 7 heteroatoms. The smallest absolute Gasteiger partial charge is 0.267 e. The van der Waals surface area contributed by atoms with Gasteiger partial charge in [-0.25, -0.2) is 14.1 Å². The topological polar surface area (TPSA) is 68.1 Å². The van der Waals surface area contributed by atoms with Crippen LogP contribution >= 0.6 is 0 Å². The van der Waals surface area contributed by atoms with E-state index in [2.05, 4.69) is 10.1 Å². The summed E-state index contributed by atoms with van der Waals surface area (Å²) < 4.78 is 14.3. The number of halogens is 1. The van der Waals surface area contributed by atoms with Crippen LogP contribution in [0.5, 0.6) is 0 Å². The third-order valence-electron chi connectivity index (χ3n) is 4.70. The van der Waals surface area contributed by atoms with E-state index < -0.39 is 5.56 Å². The number of carbonyl (C=O) groups excluding carboxylic acids is 1. The number of pyridine rings is 1. The normalized spacial score (nSPS) is 10.6. The summed E-state index contributed by atoms with van der Waals surface area (Å²) >= 11 is 0. The maximum Gasteiger partial charge on any atom is 0.267 e. The quantitative estimate of drug-likeness (QED) is 0.483. The average molecular weight is 414 g/mol. The molecular formula is C24H19FN4O2. The number of amides is 1. The van der Waals surface area contributed by atoms with Crippen molar-refractivity contribution in [1.82, 2.24) is 14.8 Å². The molecule has 2 heterocycles. The molecule has 0 aliphatic heterocycles. The van der Waals surface area contributed by atoms with Crippen LogP contribution < -0.4 is 10.5 Å². The van der Waals surface area contributed by atoms with E-state index in [1.54, 1.807) is 42.6 Å². The van der Waals surface area contributed by atoms with E-state index in [1.807, 2.05) is 30.3 Å². The first-order valence-electron chi connectivity index (χ1n) is 9.69. The van der Waals surface area contributed by atoms with Crippen molar-refractivity contribution in [3.63, 3.8) is 0 Å². The molecule has 0 bridgehead atoms. The molecule has 154 valence electrons. The highest BCUT2D eigenvalue weighted by atomic mass is 19.1. The summed E-state index contributed by atoms with van der Waals surface area (Å²) in [4.78, 5) is 31.4. The molecule has 4 aromatic rings. The maximum absolute atomic E-state index is 13.2. The third-order valence-corrected chi connectivity index (χ3v) is 4.70. The lowest BCUT2D eigenvalue weighted by molar-refractivity contribution is -0.119. The Bertz CT molecular complexity index is 1230. The minimum Gasteiger partial charge on any atom is -0.291 e. The van der Waals surface area contributed by atoms with Crippen molar-refractivity contribution >= 4 is 11.7 Å². The van der Waals surface area contributed by atoms with E-state index in [4.69, 9.17) is 0 Å². The minimum atomic E-state index is -0.403. The highest BCUT2D eigenvalue weighted by Crippen LogP contribution is 2.17. The lowest BCUT2D eigenvalue weighted by Gasteiger charge is -2.22. The first-order valence-corrected chi connectivity index (χ1v) is 9.69. The Labute approximate surface area is 178 Å². The molecule has 2 aromatic carbocycles. The summed E-state index contributed by atoms with van der Waals surface area (Å²) in [6, 6.07) is 23.5. The van der Waals surface area contributed by atoms with E-state index in [9.17, 15) is 14.0 Å². The van der Waals surface area contributed by atoms with Gasteiger partial charge in [0.2, 0.25) is 5.91 Å². The van der Waals surface area contributed by atoms with E-state index in [1.165, 1.54) is 23.1 Å². The van der Waals surface area contributed by atoms with Gasteiger partial charge in [-0.3, -0.25) is 14.5 Å². The molecule has 0 saturated carbocycles. The minimum absolute atomic E-state index is 0.253. The molecule has 0 fully saturated rings. The molecule has 0 aliphatic carbocycles. The number of carbonyl (C=O) groups is 1. The molecule has 4 rings (SSSR count). The summed E-state index contributed by atoms with van der Waals surface area (Å²) in [7, 11) is 0. The summed E-state index contributed by atoms with van der Waals surface area (Å²) in [6.45, 7) is 0.0559. The van der Waals surface area contributed by atoms with Crippen molar-refractivity contribution in [3.05, 3.63) is 113 Å². The second-order valence-electron chi connectivity index (χ2n) is 6.87. The molecular weight excluding hydrogens is 395 g/mol. The average Bonchev–Trinajstić information content (AvgIpc) is 2.81. The molecule has 0 radical (unpaired) electrons. The molecule has 6 nitrogen and oxygen atoms in total. The van der Waals surface area contributed by atoms with Gasteiger partial charge in [0.15, 0.2) is 0 Å². The highest BCUT2D eigenvalue weighted by molar-refractivity contribution is 5.92. The zero-order valence-corrected chi connectivity index (χ0v) is 16.6. The van der Waals surface area contributed by atoms with Crippen molar-refractivity contribution in [2.45, 2.75) is 13.1 Å². The molecule has 0 unspecified atom stereocenters. The van der Waals surface area contributed by atoms with Crippen LogP contribution in [0.3, 0.4) is 0 Å². The van der Waals surface area contributed by atoms with Crippen LogP contribution in [0.15, 0.2) is 95.9 Å². The number of benzene rings is 2. The molecule has 0 spiro atoms. The van der Waals surface area contributed by atoms with E-state index in [0.717, 1.165) is 10.2 Å². The second-order valence-corrected chi connectivity index (χ2v) is 6.87. The maximum atomic E-state index is 13.2. The molecule has 0 aliphatic rings. The van der Waals surface area contributed by atoms with Crippen LogP contribution in [0.25, 0.3) is 11.3 Å². The van der Waals surface area contributed by atoms with Gasteiger partial charge in [0, 0.05) is 17.8 Å². The van der Waals surface area contributed by atoms with Crippen molar-refractivity contribution < 1.29 is 9.18 Å². The standard InChI is InChI=1S/C24H19FN4O2/c25-20-11-9-19(10-12-20)21-13-14-23(30)29(27-21)17-24(31)28(22-8-4-5-15-26-22)16-18-6-2-1-3-7-18/h1-15H,16-17H2. The fourth-order valence-electron chi connectivity index (χ4n) is 3.13. The molecule has 0 atom stereocenters. The van der Waals surface area contributed by atoms with Gasteiger partial charge in [-0.2, -0.15) is 5.10 Å². The predicted molar refractivity (Wildman–Crippen MR) is 116 cm³/mol. The van der Waals surface area contributed by atoms with Crippen molar-refractivity contribution in [2.24, 2.45) is 0 Å². The molecule has 31 heavy (non-hydrogen) atoms. The van der Waals surface area contributed by atoms with Crippen LogP contribution in [0.1, 0.15) is 5.56 Å². The Morgan fingerprint density at radius 2 is 1.65 bits per heavy atom. The largest absolute Gasteiger partial charge is 0.291 e. The number of anilines is 1. The van der Waals surface area contributed by atoms with Gasteiger partial charge in [-0.05, 0) is 48.0 Å². The summed E-state index contributed by atoms with van der Waals surface area (Å²) in [5.41, 5.74) is 1.65. The van der Waals surface area contributed by atoms with Crippen LogP contribution in [0, 0.1) is 5.82 Å². The number of nitrogens with zero attached hydrogens (tertiary/aromatic N) is 4. The monoisotopic (exact) mass is 414 g/mol. The third kappa shape index (κ3) is 4.90. The van der Waals surface area contributed by atoms with Gasteiger partial charge in [0.05, 0.1) is 12.2 Å². The molecule has 0 saturated heterocycles. The summed E-state index contributed by atoms with van der Waals surface area (Å²) in [6.07, 6.45) is 1.61. The van der Waals surface area contributed by atoms with E-state index in [0.29, 0.717) is 23.6 Å². The Hall–Kier alpha value is -4.13. The number of hydrogen-bond acceptors (Lipinski definition) is 4. The zero-order chi connectivity index (χ0) is 21.6. The van der Waals surface area contributed by atoms with Crippen LogP contribution in [-0.2, 0) is 17.9 Å². The number of aromatic nitrogens is 3. The summed E-state index contributed by atoms with van der Waals surface area (Å²) in [5.74, 6) is -0.202. The lowest BCUT2D eigenvalue weighted by atomic mass is 10.1. The fraction of sp³-hybridized carbons (Fsp3) is 0.0833. The molecule has 1 amide bonds. The number of hydrogen-bond donors (Lipinski definition) is 0. The predicted octanol–water partition coefficient (Wildman–Crippen LogP) is 3.68. The Morgan fingerprint density at radius 3 is 2.35 bits per heavy atom. The second kappa shape index (κ2) is 9.13. The van der Waals surface area contributed by atoms with E-state index in [-0.39, 0.29) is 18.3 Å². The first-order chi connectivity index (χ1) is 15.1. The first kappa shape index (κ1) is 20.2. The SMILES string of the molecule is O=C(Cn1nc(-c2ccc(F)cc2)ccc1=O)N(Cc1ccccc1)c1ccccn1. The van der Waals surface area contributed by atoms with Gasteiger partial charge in [0.1, 0.15) is 18.2 Å². The van der Waals surface area contributed by atoms with Gasteiger partial charge in [0.25, 0.3) is 5.56 Å². The summed E-state index contributed by atoms with van der Waals surface area (Å²) in [5, 5.41) is 4.31. The van der Waals surface area contributed by atoms with Gasteiger partial charge in [-0.1, -0.05) is 36.4 Å². The zero-order valence-electron chi connectivity index (χ0n) is 16.6. The lowest BCUT2D eigenvalue weighted by Crippen LogP contribution is -2.37. The van der Waals surface area contributed by atoms with Crippen molar-refractivity contribution in [3.8, 4) is 11.3 Å².